The number of hydrogen-bond donors (Lipinski definition) is 0. The quantitative estimate of drug-likeness (QED) is 0.712. The lowest BCUT2D eigenvalue weighted by atomic mass is 10.1. The van der Waals surface area contributed by atoms with Crippen LogP contribution in [0, 0.1) is 0 Å². The van der Waals surface area contributed by atoms with Crippen molar-refractivity contribution in [1.82, 2.24) is 19.3 Å². The van der Waals surface area contributed by atoms with Crippen LogP contribution in [-0.4, -0.2) is 19.3 Å². The molecule has 2 heterocycles. The van der Waals surface area contributed by atoms with E-state index in [-0.39, 0.29) is 17.6 Å². The molecule has 0 N–H and O–H groups in total. The molecule has 0 bridgehead atoms. The van der Waals surface area contributed by atoms with E-state index in [1.807, 2.05) is 20.8 Å². The zero-order valence-corrected chi connectivity index (χ0v) is 14.0. The summed E-state index contributed by atoms with van der Waals surface area (Å²) in [5.74, 6) is 0. The van der Waals surface area contributed by atoms with Gasteiger partial charge in [-0.25, -0.2) is 9.67 Å². The number of aromatic nitrogens is 4. The van der Waals surface area contributed by atoms with Gasteiger partial charge in [-0.1, -0.05) is 12.1 Å². The molecule has 0 fully saturated rings. The minimum absolute atomic E-state index is 0.139. The predicted molar refractivity (Wildman–Crippen MR) is 87.3 cm³/mol. The molecular formula is C17H17F3N4O. The van der Waals surface area contributed by atoms with Crippen LogP contribution in [0.2, 0.25) is 0 Å². The zero-order chi connectivity index (χ0) is 18.4. The fourth-order valence-electron chi connectivity index (χ4n) is 2.55. The van der Waals surface area contributed by atoms with Gasteiger partial charge in [0.15, 0.2) is 5.65 Å². The number of nitrogens with zero attached hydrogens (tertiary/aromatic N) is 4. The summed E-state index contributed by atoms with van der Waals surface area (Å²) in [7, 11) is 0. The monoisotopic (exact) mass is 350 g/mol. The predicted octanol–water partition coefficient (Wildman–Crippen LogP) is 3.42. The fourth-order valence-corrected chi connectivity index (χ4v) is 2.55. The van der Waals surface area contributed by atoms with Crippen molar-refractivity contribution in [1.29, 1.82) is 0 Å². The Balaban J connectivity index is 1.95. The Morgan fingerprint density at radius 2 is 1.72 bits per heavy atom. The van der Waals surface area contributed by atoms with Crippen LogP contribution >= 0.6 is 0 Å². The van der Waals surface area contributed by atoms with Crippen molar-refractivity contribution < 1.29 is 13.2 Å². The van der Waals surface area contributed by atoms with Crippen LogP contribution in [0.25, 0.3) is 11.0 Å². The van der Waals surface area contributed by atoms with E-state index in [1.165, 1.54) is 29.2 Å². The Morgan fingerprint density at radius 3 is 2.28 bits per heavy atom. The van der Waals surface area contributed by atoms with Crippen LogP contribution in [0.4, 0.5) is 13.2 Å². The van der Waals surface area contributed by atoms with Crippen molar-refractivity contribution in [3.8, 4) is 0 Å². The van der Waals surface area contributed by atoms with Crippen LogP contribution in [0.3, 0.4) is 0 Å². The lowest BCUT2D eigenvalue weighted by Crippen LogP contribution is -2.25. The molecule has 0 saturated carbocycles. The summed E-state index contributed by atoms with van der Waals surface area (Å²) >= 11 is 0. The lowest BCUT2D eigenvalue weighted by molar-refractivity contribution is -0.137. The number of halogens is 3. The topological polar surface area (TPSA) is 52.7 Å². The highest BCUT2D eigenvalue weighted by atomic mass is 19.4. The first-order chi connectivity index (χ1) is 11.6. The summed E-state index contributed by atoms with van der Waals surface area (Å²) in [5, 5.41) is 4.61. The molecule has 5 nitrogen and oxygen atoms in total. The van der Waals surface area contributed by atoms with E-state index in [0.29, 0.717) is 16.6 Å². The molecule has 0 aliphatic heterocycles. The van der Waals surface area contributed by atoms with Gasteiger partial charge in [0.05, 0.1) is 23.8 Å². The van der Waals surface area contributed by atoms with Crippen molar-refractivity contribution in [2.45, 2.75) is 39.0 Å². The Hall–Kier alpha value is -2.64. The third-order valence-corrected chi connectivity index (χ3v) is 3.82. The first-order valence-corrected chi connectivity index (χ1v) is 7.67. The Morgan fingerprint density at radius 1 is 1.08 bits per heavy atom. The van der Waals surface area contributed by atoms with Gasteiger partial charge in [0.2, 0.25) is 0 Å². The highest BCUT2D eigenvalue weighted by Crippen LogP contribution is 2.29. The molecule has 132 valence electrons. The van der Waals surface area contributed by atoms with Crippen LogP contribution in [0.1, 0.15) is 31.9 Å². The van der Waals surface area contributed by atoms with E-state index >= 15 is 0 Å². The van der Waals surface area contributed by atoms with E-state index < -0.39 is 11.7 Å². The second-order valence-corrected chi connectivity index (χ2v) is 6.84. The van der Waals surface area contributed by atoms with Gasteiger partial charge >= 0.3 is 6.18 Å². The summed E-state index contributed by atoms with van der Waals surface area (Å²) in [6.45, 7) is 6.00. The third kappa shape index (κ3) is 3.29. The second kappa shape index (κ2) is 5.72. The van der Waals surface area contributed by atoms with E-state index in [9.17, 15) is 18.0 Å². The van der Waals surface area contributed by atoms with Gasteiger partial charge in [-0.15, -0.1) is 0 Å². The maximum absolute atomic E-state index is 12.6. The Bertz CT molecular complexity index is 963. The van der Waals surface area contributed by atoms with Gasteiger partial charge in [-0.05, 0) is 38.5 Å². The summed E-state index contributed by atoms with van der Waals surface area (Å²) in [6.07, 6.45) is -1.51. The lowest BCUT2D eigenvalue weighted by Gasteiger charge is -2.19. The van der Waals surface area contributed by atoms with Gasteiger partial charge in [0.1, 0.15) is 11.7 Å². The van der Waals surface area contributed by atoms with Crippen molar-refractivity contribution >= 4 is 11.0 Å². The fraction of sp³-hybridized carbons (Fsp3) is 0.353. The van der Waals surface area contributed by atoms with Crippen molar-refractivity contribution in [2.24, 2.45) is 0 Å². The average molecular weight is 350 g/mol. The molecule has 25 heavy (non-hydrogen) atoms. The average Bonchev–Trinajstić information content (AvgIpc) is 2.94. The minimum atomic E-state index is -4.38. The maximum Gasteiger partial charge on any atom is 0.416 e. The van der Waals surface area contributed by atoms with E-state index in [1.54, 1.807) is 4.68 Å². The highest BCUT2D eigenvalue weighted by molar-refractivity contribution is 5.73. The largest absolute Gasteiger partial charge is 0.416 e. The second-order valence-electron chi connectivity index (χ2n) is 6.84. The Kier molecular flexibility index (Phi) is 3.93. The van der Waals surface area contributed by atoms with Gasteiger partial charge in [-0.3, -0.25) is 9.36 Å². The SMILES string of the molecule is CC(C)(C)n1ncc2c(=O)n(Cc3ccc(C(F)(F)F)cc3)cnc21. The number of rotatable bonds is 2. The first-order valence-electron chi connectivity index (χ1n) is 7.67. The first kappa shape index (κ1) is 17.2. The van der Waals surface area contributed by atoms with Crippen LogP contribution in [0.15, 0.2) is 41.6 Å². The number of hydrogen-bond acceptors (Lipinski definition) is 3. The highest BCUT2D eigenvalue weighted by Gasteiger charge is 2.30. The molecule has 0 unspecified atom stereocenters. The summed E-state index contributed by atoms with van der Waals surface area (Å²) in [4.78, 5) is 16.9. The molecule has 3 rings (SSSR count). The van der Waals surface area contributed by atoms with Crippen LogP contribution in [0.5, 0.6) is 0 Å². The summed E-state index contributed by atoms with van der Waals surface area (Å²) in [5.41, 5.74) is -0.245. The maximum atomic E-state index is 12.6. The molecule has 8 heteroatoms. The minimum Gasteiger partial charge on any atom is -0.294 e. The van der Waals surface area contributed by atoms with E-state index in [2.05, 4.69) is 10.1 Å². The molecule has 0 saturated heterocycles. The van der Waals surface area contributed by atoms with E-state index in [0.717, 1.165) is 12.1 Å². The van der Waals surface area contributed by atoms with Gasteiger partial charge in [-0.2, -0.15) is 18.3 Å². The van der Waals surface area contributed by atoms with Crippen LogP contribution < -0.4 is 5.56 Å². The summed E-state index contributed by atoms with van der Waals surface area (Å²) in [6, 6.07) is 4.73. The molecule has 0 amide bonds. The van der Waals surface area contributed by atoms with E-state index in [4.69, 9.17) is 0 Å². The molecular weight excluding hydrogens is 333 g/mol. The molecule has 0 aliphatic carbocycles. The number of benzene rings is 1. The standard InChI is InChI=1S/C17H17F3N4O/c1-16(2,3)24-14-13(8-22-24)15(25)23(10-21-14)9-11-4-6-12(7-5-11)17(18,19)20/h4-8,10H,9H2,1-3H3. The summed E-state index contributed by atoms with van der Waals surface area (Å²) < 4.78 is 40.9. The van der Waals surface area contributed by atoms with Crippen molar-refractivity contribution in [3.63, 3.8) is 0 Å². The molecule has 0 atom stereocenters. The molecule has 0 radical (unpaired) electrons. The molecule has 0 spiro atoms. The van der Waals surface area contributed by atoms with Gasteiger partial charge in [0.25, 0.3) is 5.56 Å². The smallest absolute Gasteiger partial charge is 0.294 e. The van der Waals surface area contributed by atoms with Crippen molar-refractivity contribution in [2.75, 3.05) is 0 Å². The third-order valence-electron chi connectivity index (χ3n) is 3.82. The molecule has 3 aromatic rings. The zero-order valence-electron chi connectivity index (χ0n) is 14.0. The molecule has 1 aromatic carbocycles. The number of fused-ring (bicyclic) bond motifs is 1. The van der Waals surface area contributed by atoms with Gasteiger partial charge in [0, 0.05) is 0 Å². The van der Waals surface area contributed by atoms with Crippen LogP contribution in [-0.2, 0) is 18.3 Å². The normalized spacial score (nSPS) is 12.7. The van der Waals surface area contributed by atoms with Crippen molar-refractivity contribution in [3.05, 3.63) is 58.3 Å². The van der Waals surface area contributed by atoms with Gasteiger partial charge < -0.3 is 0 Å². The Labute approximate surface area is 141 Å². The molecule has 2 aromatic heterocycles. The number of alkyl halides is 3. The molecule has 0 aliphatic rings.